The molecule has 0 aliphatic carbocycles. The van der Waals surface area contributed by atoms with Gasteiger partial charge in [0, 0.05) is 5.56 Å². The molecule has 26 heavy (non-hydrogen) atoms. The van der Waals surface area contributed by atoms with Crippen molar-refractivity contribution in [3.05, 3.63) is 77.9 Å². The van der Waals surface area contributed by atoms with E-state index in [2.05, 4.69) is 27.7 Å². The van der Waals surface area contributed by atoms with Crippen LogP contribution in [-0.4, -0.2) is 36.4 Å². The molecule has 0 saturated heterocycles. The molecule has 140 valence electrons. The molecule has 0 radical (unpaired) electrons. The van der Waals surface area contributed by atoms with Crippen LogP contribution in [0.25, 0.3) is 5.76 Å². The molecule has 3 heteroatoms. The molecule has 0 aromatic heterocycles. The number of ketones is 1. The lowest BCUT2D eigenvalue weighted by molar-refractivity contribution is -0.921. The van der Waals surface area contributed by atoms with E-state index in [9.17, 15) is 9.90 Å². The third-order valence-electron chi connectivity index (χ3n) is 5.06. The highest BCUT2D eigenvalue weighted by atomic mass is 16.3. The molecule has 0 spiro atoms. The van der Waals surface area contributed by atoms with E-state index in [1.807, 2.05) is 12.1 Å². The number of benzene rings is 2. The van der Waals surface area contributed by atoms with E-state index in [-0.39, 0.29) is 11.5 Å². The summed E-state index contributed by atoms with van der Waals surface area (Å²) in [5.41, 5.74) is 1.05. The molecule has 2 aromatic rings. The summed E-state index contributed by atoms with van der Waals surface area (Å²) in [6.45, 7) is 14.2. The maximum atomic E-state index is 11.8. The van der Waals surface area contributed by atoms with Gasteiger partial charge >= 0.3 is 0 Å². The van der Waals surface area contributed by atoms with Crippen LogP contribution in [0.15, 0.2) is 66.7 Å². The number of allylic oxidation sites excluding steroid dienone is 1. The summed E-state index contributed by atoms with van der Waals surface area (Å²) in [6, 6.07) is 17.5. The summed E-state index contributed by atoms with van der Waals surface area (Å²) in [6.07, 6.45) is 1.13. The molecule has 0 atom stereocenters. The Balaban J connectivity index is 0.000000321. The first kappa shape index (κ1) is 21.7. The van der Waals surface area contributed by atoms with Gasteiger partial charge in [0.1, 0.15) is 0 Å². The van der Waals surface area contributed by atoms with Crippen molar-refractivity contribution in [1.82, 2.24) is 0 Å². The maximum Gasteiger partial charge on any atom is 0.185 e. The minimum Gasteiger partial charge on any atom is -0.872 e. The Morgan fingerprint density at radius 2 is 1.15 bits per heavy atom. The second-order valence-electron chi connectivity index (χ2n) is 6.21. The first-order chi connectivity index (χ1) is 12.5. The van der Waals surface area contributed by atoms with Gasteiger partial charge in [-0.15, -0.1) is 0 Å². The third-order valence-corrected chi connectivity index (χ3v) is 5.06. The molecule has 0 N–H and O–H groups in total. The molecule has 0 heterocycles. The van der Waals surface area contributed by atoms with E-state index in [0.29, 0.717) is 11.1 Å². The van der Waals surface area contributed by atoms with Gasteiger partial charge in [-0.05, 0) is 39.3 Å². The molecule has 0 fully saturated rings. The molecule has 0 amide bonds. The van der Waals surface area contributed by atoms with Crippen LogP contribution in [0, 0.1) is 0 Å². The number of hydrogen-bond acceptors (Lipinski definition) is 2. The van der Waals surface area contributed by atoms with Crippen molar-refractivity contribution in [3.63, 3.8) is 0 Å². The van der Waals surface area contributed by atoms with E-state index in [1.165, 1.54) is 30.7 Å². The van der Waals surface area contributed by atoms with Gasteiger partial charge in [0.2, 0.25) is 0 Å². The van der Waals surface area contributed by atoms with Crippen LogP contribution >= 0.6 is 0 Å². The predicted octanol–water partition coefficient (Wildman–Crippen LogP) is 4.15. The van der Waals surface area contributed by atoms with Crippen molar-refractivity contribution in [1.29, 1.82) is 0 Å². The lowest BCUT2D eigenvalue weighted by atomic mass is 10.1. The molecule has 0 bridgehead atoms. The fourth-order valence-electron chi connectivity index (χ4n) is 2.83. The zero-order valence-electron chi connectivity index (χ0n) is 16.4. The first-order valence-electron chi connectivity index (χ1n) is 9.40. The van der Waals surface area contributed by atoms with Gasteiger partial charge in [0.25, 0.3) is 0 Å². The minimum atomic E-state index is -0.264. The van der Waals surface area contributed by atoms with E-state index < -0.39 is 0 Å². The van der Waals surface area contributed by atoms with Crippen molar-refractivity contribution >= 4 is 11.5 Å². The fraction of sp³-hybridized carbons (Fsp3) is 0.348. The molecular formula is C23H31NO2. The highest BCUT2D eigenvalue weighted by molar-refractivity contribution is 6.07. The quantitative estimate of drug-likeness (QED) is 0.325. The van der Waals surface area contributed by atoms with Gasteiger partial charge in [0.05, 0.1) is 26.2 Å². The van der Waals surface area contributed by atoms with Crippen LogP contribution in [0.4, 0.5) is 0 Å². The predicted molar refractivity (Wildman–Crippen MR) is 108 cm³/mol. The van der Waals surface area contributed by atoms with Gasteiger partial charge in [-0.25, -0.2) is 0 Å². The van der Waals surface area contributed by atoms with Crippen molar-refractivity contribution < 1.29 is 14.4 Å². The Morgan fingerprint density at radius 3 is 1.50 bits per heavy atom. The number of rotatable bonds is 7. The van der Waals surface area contributed by atoms with Crippen LogP contribution in [-0.2, 0) is 0 Å². The Hall–Kier alpha value is -2.39. The first-order valence-corrected chi connectivity index (χ1v) is 9.40. The third kappa shape index (κ3) is 6.49. The molecular weight excluding hydrogens is 322 g/mol. The lowest BCUT2D eigenvalue weighted by Crippen LogP contribution is -2.47. The molecule has 0 unspecified atom stereocenters. The van der Waals surface area contributed by atoms with Crippen LogP contribution in [0.1, 0.15) is 43.6 Å². The summed E-state index contributed by atoms with van der Waals surface area (Å²) in [7, 11) is 0. The van der Waals surface area contributed by atoms with E-state index in [0.717, 1.165) is 6.08 Å². The molecule has 0 saturated carbocycles. The summed E-state index contributed by atoms with van der Waals surface area (Å²) < 4.78 is 1.28. The lowest BCUT2D eigenvalue weighted by Gasteiger charge is -2.34. The van der Waals surface area contributed by atoms with Crippen LogP contribution in [0.2, 0.25) is 0 Å². The Kier molecular flexibility index (Phi) is 9.38. The Bertz CT molecular complexity index is 656. The van der Waals surface area contributed by atoms with Crippen molar-refractivity contribution in [3.8, 4) is 0 Å². The fourth-order valence-corrected chi connectivity index (χ4v) is 2.83. The van der Waals surface area contributed by atoms with Crippen LogP contribution in [0.5, 0.6) is 0 Å². The number of nitrogens with zero attached hydrogens (tertiary/aromatic N) is 1. The van der Waals surface area contributed by atoms with Gasteiger partial charge in [-0.3, -0.25) is 4.79 Å². The Labute approximate surface area is 158 Å². The Morgan fingerprint density at radius 1 is 0.769 bits per heavy atom. The molecule has 0 aliphatic rings. The van der Waals surface area contributed by atoms with Crippen molar-refractivity contribution in [2.75, 3.05) is 26.2 Å². The zero-order valence-corrected chi connectivity index (χ0v) is 16.4. The number of hydrogen-bond donors (Lipinski definition) is 0. The van der Waals surface area contributed by atoms with Gasteiger partial charge in [-0.2, -0.15) is 0 Å². The van der Waals surface area contributed by atoms with Crippen LogP contribution in [0.3, 0.4) is 0 Å². The van der Waals surface area contributed by atoms with E-state index >= 15 is 0 Å². The highest BCUT2D eigenvalue weighted by Gasteiger charge is 2.16. The SMILES string of the molecule is CC[N+](CC)(CC)CC.O=C(/C=C(\[O-])c1ccccc1)c1ccccc1. The van der Waals surface area contributed by atoms with Crippen LogP contribution < -0.4 is 5.11 Å². The van der Waals surface area contributed by atoms with Gasteiger partial charge < -0.3 is 9.59 Å². The monoisotopic (exact) mass is 353 g/mol. The van der Waals surface area contributed by atoms with E-state index in [1.54, 1.807) is 48.5 Å². The standard InChI is InChI=1S/C15H12O2.C8H20N/c16-14(12-7-3-1-4-8-12)11-15(17)13-9-5-2-6-10-13;1-5-9(6-2,7-3)8-4/h1-11,16H;5-8H2,1-4H3/q;+1/p-1/b14-11-;. The van der Waals surface area contributed by atoms with Gasteiger partial charge in [0.15, 0.2) is 5.78 Å². The molecule has 2 aromatic carbocycles. The average molecular weight is 354 g/mol. The molecule has 2 rings (SSSR count). The topological polar surface area (TPSA) is 40.1 Å². The van der Waals surface area contributed by atoms with Crippen molar-refractivity contribution in [2.45, 2.75) is 27.7 Å². The van der Waals surface area contributed by atoms with Crippen molar-refractivity contribution in [2.24, 2.45) is 0 Å². The number of carbonyl (C=O) groups excluding carboxylic acids is 1. The maximum absolute atomic E-state index is 11.8. The second kappa shape index (κ2) is 11.3. The molecule has 3 nitrogen and oxygen atoms in total. The average Bonchev–Trinajstić information content (AvgIpc) is 2.72. The summed E-state index contributed by atoms with van der Waals surface area (Å²) in [5.74, 6) is -0.529. The highest BCUT2D eigenvalue weighted by Crippen LogP contribution is 2.09. The number of carbonyl (C=O) groups is 1. The smallest absolute Gasteiger partial charge is 0.185 e. The molecule has 0 aliphatic heterocycles. The normalized spacial score (nSPS) is 11.5. The van der Waals surface area contributed by atoms with E-state index in [4.69, 9.17) is 0 Å². The zero-order chi connectivity index (χ0) is 19.4. The number of quaternary nitrogens is 1. The second-order valence-corrected chi connectivity index (χ2v) is 6.21. The summed E-state index contributed by atoms with van der Waals surface area (Å²) in [4.78, 5) is 11.8. The summed E-state index contributed by atoms with van der Waals surface area (Å²) >= 11 is 0. The largest absolute Gasteiger partial charge is 0.872 e. The minimum absolute atomic E-state index is 0.264. The van der Waals surface area contributed by atoms with Gasteiger partial charge in [-0.1, -0.05) is 66.4 Å². The summed E-state index contributed by atoms with van der Waals surface area (Å²) in [5, 5.41) is 11.8.